The van der Waals surface area contributed by atoms with Gasteiger partial charge in [-0.1, -0.05) is 23.8 Å². The van der Waals surface area contributed by atoms with E-state index in [1.165, 1.54) is 24.8 Å². The number of rotatable bonds is 7. The summed E-state index contributed by atoms with van der Waals surface area (Å²) in [6, 6.07) is 14.8. The van der Waals surface area contributed by atoms with Gasteiger partial charge in [-0.2, -0.15) is 5.26 Å². The van der Waals surface area contributed by atoms with Crippen molar-refractivity contribution in [2.45, 2.75) is 63.6 Å². The summed E-state index contributed by atoms with van der Waals surface area (Å²) in [6.45, 7) is 3.19. The van der Waals surface area contributed by atoms with Gasteiger partial charge in [0.2, 0.25) is 0 Å². The van der Waals surface area contributed by atoms with Crippen LogP contribution in [0.15, 0.2) is 48.8 Å². The zero-order chi connectivity index (χ0) is 26.6. The van der Waals surface area contributed by atoms with Crippen molar-refractivity contribution < 1.29 is 5.11 Å². The third kappa shape index (κ3) is 6.36. The Hall–Kier alpha value is -3.58. The lowest BCUT2D eigenvalue weighted by Crippen LogP contribution is -2.30. The summed E-state index contributed by atoms with van der Waals surface area (Å²) in [6.07, 6.45) is 10.6. The molecule has 3 N–H and O–H groups in total. The van der Waals surface area contributed by atoms with E-state index >= 15 is 0 Å². The maximum atomic E-state index is 9.91. The number of likely N-dealkylation sites (tertiary alicyclic amines) is 1. The number of nitrogens with one attached hydrogen (secondary N) is 2. The zero-order valence-corrected chi connectivity index (χ0v) is 22.8. The van der Waals surface area contributed by atoms with E-state index in [1.54, 1.807) is 23.7 Å². The van der Waals surface area contributed by atoms with Gasteiger partial charge in [-0.3, -0.25) is 9.88 Å². The lowest BCUT2D eigenvalue weighted by atomic mass is 9.93. The maximum Gasteiger partial charge on any atom is 0.189 e. The average molecular weight is 540 g/mol. The second-order valence-corrected chi connectivity index (χ2v) is 11.7. The number of aliphatic hydroxyl groups is 1. The summed E-state index contributed by atoms with van der Waals surface area (Å²) in [5.74, 6) is 1.66. The SMILES string of the molecule is N#Cc1cncc(-c2ccc3nc(Nc4cc(CN5CCCCC5)cc(N[C@H]5CC[C@H](O)CC5)n4)sc3c2)c1. The minimum absolute atomic E-state index is 0.176. The number of nitrogens with zero attached hydrogens (tertiary/aromatic N) is 5. The van der Waals surface area contributed by atoms with Crippen LogP contribution in [0.2, 0.25) is 0 Å². The normalized spacial score (nSPS) is 20.0. The van der Waals surface area contributed by atoms with Gasteiger partial charge in [0.05, 0.1) is 21.9 Å². The number of pyridine rings is 2. The Kier molecular flexibility index (Phi) is 7.68. The number of fused-ring (bicyclic) bond motifs is 1. The lowest BCUT2D eigenvalue weighted by molar-refractivity contribution is 0.126. The largest absolute Gasteiger partial charge is 0.393 e. The smallest absolute Gasteiger partial charge is 0.189 e. The second-order valence-electron chi connectivity index (χ2n) is 10.6. The third-order valence-corrected chi connectivity index (χ3v) is 8.55. The first-order valence-corrected chi connectivity index (χ1v) is 14.6. The van der Waals surface area contributed by atoms with Crippen molar-refractivity contribution in [1.82, 2.24) is 19.9 Å². The second kappa shape index (κ2) is 11.7. The molecule has 4 heterocycles. The van der Waals surface area contributed by atoms with Crippen molar-refractivity contribution >= 4 is 38.3 Å². The molecule has 0 bridgehead atoms. The van der Waals surface area contributed by atoms with E-state index in [0.717, 1.165) is 83.4 Å². The molecule has 0 spiro atoms. The number of piperidine rings is 1. The number of nitriles is 1. The first-order valence-electron chi connectivity index (χ1n) is 13.8. The molecule has 8 nitrogen and oxygen atoms in total. The van der Waals surface area contributed by atoms with Gasteiger partial charge in [-0.05, 0) is 93.1 Å². The molecule has 9 heteroatoms. The fourth-order valence-electron chi connectivity index (χ4n) is 5.55. The minimum atomic E-state index is -0.176. The molecular formula is C30H33N7OS. The van der Waals surface area contributed by atoms with Crippen LogP contribution in [0.3, 0.4) is 0 Å². The van der Waals surface area contributed by atoms with E-state index in [9.17, 15) is 10.4 Å². The lowest BCUT2D eigenvalue weighted by Gasteiger charge is -2.28. The first-order chi connectivity index (χ1) is 19.1. The number of thiazole rings is 1. The molecule has 0 atom stereocenters. The average Bonchev–Trinajstić information content (AvgIpc) is 3.36. The van der Waals surface area contributed by atoms with Crippen LogP contribution in [0.1, 0.15) is 56.1 Å². The van der Waals surface area contributed by atoms with Crippen molar-refractivity contribution in [3.63, 3.8) is 0 Å². The summed E-state index contributed by atoms with van der Waals surface area (Å²) in [4.78, 5) is 16.5. The van der Waals surface area contributed by atoms with Crippen molar-refractivity contribution in [2.75, 3.05) is 23.7 Å². The van der Waals surface area contributed by atoms with E-state index in [2.05, 4.69) is 44.8 Å². The molecule has 1 aliphatic heterocycles. The van der Waals surface area contributed by atoms with Gasteiger partial charge in [0, 0.05) is 30.5 Å². The molecule has 6 rings (SSSR count). The number of benzene rings is 1. The summed E-state index contributed by atoms with van der Waals surface area (Å²) in [5, 5.41) is 27.0. The van der Waals surface area contributed by atoms with Crippen LogP contribution >= 0.6 is 11.3 Å². The van der Waals surface area contributed by atoms with Gasteiger partial charge in [-0.25, -0.2) is 9.97 Å². The fourth-order valence-corrected chi connectivity index (χ4v) is 6.46. The predicted molar refractivity (Wildman–Crippen MR) is 156 cm³/mol. The van der Waals surface area contributed by atoms with Crippen molar-refractivity contribution in [1.29, 1.82) is 5.26 Å². The Labute approximate surface area is 232 Å². The third-order valence-electron chi connectivity index (χ3n) is 7.61. The van der Waals surface area contributed by atoms with E-state index < -0.39 is 0 Å². The minimum Gasteiger partial charge on any atom is -0.393 e. The van der Waals surface area contributed by atoms with Crippen LogP contribution in [0.5, 0.6) is 0 Å². The van der Waals surface area contributed by atoms with E-state index in [1.807, 2.05) is 18.2 Å². The highest BCUT2D eigenvalue weighted by atomic mass is 32.1. The molecule has 1 saturated heterocycles. The number of aromatic nitrogens is 3. The van der Waals surface area contributed by atoms with Crippen LogP contribution in [0, 0.1) is 11.3 Å². The quantitative estimate of drug-likeness (QED) is 0.260. The highest BCUT2D eigenvalue weighted by molar-refractivity contribution is 7.22. The Balaban J connectivity index is 1.25. The van der Waals surface area contributed by atoms with Gasteiger partial charge in [-0.15, -0.1) is 0 Å². The number of anilines is 3. The van der Waals surface area contributed by atoms with Gasteiger partial charge in [0.15, 0.2) is 5.13 Å². The van der Waals surface area contributed by atoms with Gasteiger partial charge in [0.25, 0.3) is 0 Å². The molecule has 39 heavy (non-hydrogen) atoms. The Morgan fingerprint density at radius 3 is 2.59 bits per heavy atom. The maximum absolute atomic E-state index is 9.91. The zero-order valence-electron chi connectivity index (χ0n) is 21.9. The predicted octanol–water partition coefficient (Wildman–Crippen LogP) is 6.07. The Morgan fingerprint density at radius 2 is 1.77 bits per heavy atom. The summed E-state index contributed by atoms with van der Waals surface area (Å²) in [7, 11) is 0. The molecular weight excluding hydrogens is 506 g/mol. The topological polar surface area (TPSA) is 110 Å². The molecule has 2 fully saturated rings. The summed E-state index contributed by atoms with van der Waals surface area (Å²) >= 11 is 1.59. The van der Waals surface area contributed by atoms with E-state index in [0.29, 0.717) is 11.6 Å². The Bertz CT molecular complexity index is 1480. The summed E-state index contributed by atoms with van der Waals surface area (Å²) < 4.78 is 1.06. The monoisotopic (exact) mass is 539 g/mol. The molecule has 4 aromatic rings. The van der Waals surface area contributed by atoms with Crippen molar-refractivity contribution in [3.05, 3.63) is 59.9 Å². The molecule has 0 amide bonds. The van der Waals surface area contributed by atoms with Crippen molar-refractivity contribution in [2.24, 2.45) is 0 Å². The van der Waals surface area contributed by atoms with E-state index in [-0.39, 0.29) is 6.10 Å². The standard InChI is InChI=1S/C30H33N7OS/c31-16-21-12-23(18-32-17-21)22-4-9-26-27(15-22)39-30(34-26)36-29-14-20(19-37-10-2-1-3-11-37)13-28(35-29)33-24-5-7-25(38)8-6-24/h4,9,12-15,17-18,24-25,38H,1-3,5-8,10-11,19H2,(H2,33,34,35,36)/t24-,25-. The molecule has 3 aromatic heterocycles. The molecule has 0 unspecified atom stereocenters. The van der Waals surface area contributed by atoms with Gasteiger partial charge < -0.3 is 15.7 Å². The molecule has 1 aromatic carbocycles. The van der Waals surface area contributed by atoms with Crippen LogP contribution in [-0.2, 0) is 6.54 Å². The number of aliphatic hydroxyl groups excluding tert-OH is 1. The van der Waals surface area contributed by atoms with Crippen molar-refractivity contribution in [3.8, 4) is 17.2 Å². The Morgan fingerprint density at radius 1 is 0.949 bits per heavy atom. The molecule has 0 radical (unpaired) electrons. The number of hydrogen-bond donors (Lipinski definition) is 3. The molecule has 200 valence electrons. The fraction of sp³-hybridized carbons (Fsp3) is 0.400. The van der Waals surface area contributed by atoms with Crippen LogP contribution < -0.4 is 10.6 Å². The van der Waals surface area contributed by atoms with Crippen LogP contribution in [-0.4, -0.2) is 50.2 Å². The molecule has 1 aliphatic carbocycles. The molecule has 1 saturated carbocycles. The van der Waals surface area contributed by atoms with E-state index in [4.69, 9.17) is 9.97 Å². The van der Waals surface area contributed by atoms with Crippen LogP contribution in [0.4, 0.5) is 16.8 Å². The molecule has 2 aliphatic rings. The highest BCUT2D eigenvalue weighted by Gasteiger charge is 2.20. The number of hydrogen-bond acceptors (Lipinski definition) is 9. The first kappa shape index (κ1) is 25.7. The van der Waals surface area contributed by atoms with Gasteiger partial charge >= 0.3 is 0 Å². The summed E-state index contributed by atoms with van der Waals surface area (Å²) in [5.41, 5.74) is 4.62. The van der Waals surface area contributed by atoms with Gasteiger partial charge in [0.1, 0.15) is 17.7 Å². The van der Waals surface area contributed by atoms with Crippen LogP contribution in [0.25, 0.3) is 21.3 Å². The highest BCUT2D eigenvalue weighted by Crippen LogP contribution is 2.33.